The molecule has 1 heterocycles. The van der Waals surface area contributed by atoms with Crippen molar-refractivity contribution in [2.45, 2.75) is 65.0 Å². The Morgan fingerprint density at radius 1 is 0.825 bits per heavy atom. The second-order valence-electron chi connectivity index (χ2n) is 10.9. The zero-order valence-corrected chi connectivity index (χ0v) is 23.4. The van der Waals surface area contributed by atoms with Crippen LogP contribution in [-0.2, 0) is 16.0 Å². The van der Waals surface area contributed by atoms with Crippen LogP contribution in [0.1, 0.15) is 56.6 Å². The SMILES string of the molecule is CC(C)C[C@H](NC(=O)c1cnccn1)C(=O)N[C@@H](Cc1ccc2ccccc2c1)C(=O)N[C@H](CC(C)C)B(O)O. The molecule has 0 aliphatic carbocycles. The lowest BCUT2D eigenvalue weighted by atomic mass is 9.75. The van der Waals surface area contributed by atoms with Gasteiger partial charge in [0, 0.05) is 18.8 Å². The number of nitrogens with one attached hydrogen (secondary N) is 3. The van der Waals surface area contributed by atoms with Gasteiger partial charge in [0.05, 0.1) is 12.1 Å². The first-order valence-electron chi connectivity index (χ1n) is 13.5. The Morgan fingerprint density at radius 3 is 2.12 bits per heavy atom. The predicted molar refractivity (Wildman–Crippen MR) is 154 cm³/mol. The Labute approximate surface area is 235 Å². The molecule has 2 aromatic carbocycles. The van der Waals surface area contributed by atoms with Crippen LogP contribution in [0.15, 0.2) is 61.1 Å². The molecule has 40 heavy (non-hydrogen) atoms. The number of amides is 3. The molecule has 3 aromatic rings. The van der Waals surface area contributed by atoms with Gasteiger partial charge in [0.1, 0.15) is 17.8 Å². The van der Waals surface area contributed by atoms with Crippen molar-refractivity contribution in [3.8, 4) is 0 Å². The molecule has 0 aliphatic rings. The van der Waals surface area contributed by atoms with Crippen LogP contribution in [0.4, 0.5) is 0 Å². The Morgan fingerprint density at radius 2 is 1.50 bits per heavy atom. The van der Waals surface area contributed by atoms with Crippen molar-refractivity contribution >= 4 is 35.6 Å². The number of hydrogen-bond acceptors (Lipinski definition) is 7. The van der Waals surface area contributed by atoms with E-state index in [-0.39, 0.29) is 24.0 Å². The first kappa shape index (κ1) is 30.7. The van der Waals surface area contributed by atoms with Gasteiger partial charge >= 0.3 is 7.12 Å². The Kier molecular flexibility index (Phi) is 11.2. The highest BCUT2D eigenvalue weighted by Gasteiger charge is 2.32. The molecular formula is C29H38BN5O5. The molecule has 0 unspecified atom stereocenters. The lowest BCUT2D eigenvalue weighted by molar-refractivity contribution is -0.130. The van der Waals surface area contributed by atoms with Crippen LogP contribution < -0.4 is 16.0 Å². The number of rotatable bonds is 13. The Bertz CT molecular complexity index is 1290. The molecule has 0 saturated heterocycles. The topological polar surface area (TPSA) is 154 Å². The monoisotopic (exact) mass is 547 g/mol. The molecule has 3 amide bonds. The van der Waals surface area contributed by atoms with Gasteiger partial charge in [-0.3, -0.25) is 19.4 Å². The highest BCUT2D eigenvalue weighted by atomic mass is 16.4. The molecule has 0 spiro atoms. The fraction of sp³-hybridized carbons (Fsp3) is 0.414. The third kappa shape index (κ3) is 9.13. The van der Waals surface area contributed by atoms with Crippen molar-refractivity contribution in [1.82, 2.24) is 25.9 Å². The van der Waals surface area contributed by atoms with E-state index < -0.39 is 42.9 Å². The smallest absolute Gasteiger partial charge is 0.426 e. The Balaban J connectivity index is 1.86. The average Bonchev–Trinajstić information content (AvgIpc) is 2.91. The van der Waals surface area contributed by atoms with Gasteiger partial charge in [-0.25, -0.2) is 4.98 Å². The standard InChI is InChI=1S/C29H38BN5O5/c1-18(2)13-23(33-29(38)25-17-31-11-12-32-25)27(36)34-24(28(37)35-26(30(39)40)14-19(3)4)16-20-9-10-21-7-5-6-8-22(21)15-20/h5-12,15,17-19,23-24,26,39-40H,13-14,16H2,1-4H3,(H,33,38)(H,34,36)(H,35,37)/t23-,24-,26+/m0/s1. The molecule has 11 heteroatoms. The molecule has 3 rings (SSSR count). The zero-order chi connectivity index (χ0) is 29.2. The van der Waals surface area contributed by atoms with E-state index in [2.05, 4.69) is 25.9 Å². The van der Waals surface area contributed by atoms with Gasteiger partial charge in [0.25, 0.3) is 5.91 Å². The van der Waals surface area contributed by atoms with E-state index in [1.54, 1.807) is 0 Å². The quantitative estimate of drug-likeness (QED) is 0.205. The van der Waals surface area contributed by atoms with Gasteiger partial charge in [-0.15, -0.1) is 0 Å². The summed E-state index contributed by atoms with van der Waals surface area (Å²) >= 11 is 0. The minimum atomic E-state index is -1.76. The number of aromatic nitrogens is 2. The maximum Gasteiger partial charge on any atom is 0.475 e. The minimum Gasteiger partial charge on any atom is -0.426 e. The average molecular weight is 547 g/mol. The molecule has 10 nitrogen and oxygen atoms in total. The van der Waals surface area contributed by atoms with Crippen LogP contribution in [0, 0.1) is 11.8 Å². The highest BCUT2D eigenvalue weighted by Crippen LogP contribution is 2.17. The second-order valence-corrected chi connectivity index (χ2v) is 10.9. The van der Waals surface area contributed by atoms with Crippen molar-refractivity contribution in [1.29, 1.82) is 0 Å². The molecule has 0 bridgehead atoms. The van der Waals surface area contributed by atoms with Crippen molar-refractivity contribution in [2.75, 3.05) is 0 Å². The summed E-state index contributed by atoms with van der Waals surface area (Å²) < 4.78 is 0. The molecule has 0 saturated carbocycles. The van der Waals surface area contributed by atoms with Gasteiger partial charge < -0.3 is 26.0 Å². The maximum absolute atomic E-state index is 13.5. The van der Waals surface area contributed by atoms with Crippen LogP contribution in [0.25, 0.3) is 10.8 Å². The van der Waals surface area contributed by atoms with E-state index >= 15 is 0 Å². The van der Waals surface area contributed by atoms with Crippen LogP contribution in [0.5, 0.6) is 0 Å². The van der Waals surface area contributed by atoms with Gasteiger partial charge in [0.15, 0.2) is 0 Å². The number of benzene rings is 2. The molecule has 0 aliphatic heterocycles. The van der Waals surface area contributed by atoms with E-state index in [0.717, 1.165) is 16.3 Å². The number of nitrogens with zero attached hydrogens (tertiary/aromatic N) is 2. The molecular weight excluding hydrogens is 509 g/mol. The second kappa shape index (κ2) is 14.5. The lowest BCUT2D eigenvalue weighted by Crippen LogP contribution is -2.58. The van der Waals surface area contributed by atoms with Gasteiger partial charge in [-0.05, 0) is 41.0 Å². The van der Waals surface area contributed by atoms with Crippen molar-refractivity contribution < 1.29 is 24.4 Å². The summed E-state index contributed by atoms with van der Waals surface area (Å²) in [5, 5.41) is 30.0. The summed E-state index contributed by atoms with van der Waals surface area (Å²) in [7, 11) is -1.76. The fourth-order valence-corrected chi connectivity index (χ4v) is 4.48. The van der Waals surface area contributed by atoms with E-state index in [9.17, 15) is 24.4 Å². The van der Waals surface area contributed by atoms with Crippen molar-refractivity contribution in [3.63, 3.8) is 0 Å². The van der Waals surface area contributed by atoms with Crippen molar-refractivity contribution in [2.24, 2.45) is 11.8 Å². The lowest BCUT2D eigenvalue weighted by Gasteiger charge is -2.26. The van der Waals surface area contributed by atoms with Crippen molar-refractivity contribution in [3.05, 3.63) is 72.3 Å². The van der Waals surface area contributed by atoms with Crippen LogP contribution in [0.2, 0.25) is 0 Å². The highest BCUT2D eigenvalue weighted by molar-refractivity contribution is 6.43. The van der Waals surface area contributed by atoms with Gasteiger partial charge in [0.2, 0.25) is 11.8 Å². The third-order valence-corrected chi connectivity index (χ3v) is 6.42. The number of hydrogen-bond donors (Lipinski definition) is 5. The predicted octanol–water partition coefficient (Wildman–Crippen LogP) is 2.04. The Hall–Kier alpha value is -3.83. The number of carbonyl (C=O) groups is 3. The molecule has 5 N–H and O–H groups in total. The first-order chi connectivity index (χ1) is 19.0. The third-order valence-electron chi connectivity index (χ3n) is 6.42. The number of carbonyl (C=O) groups excluding carboxylic acids is 3. The summed E-state index contributed by atoms with van der Waals surface area (Å²) in [5.41, 5.74) is 0.885. The van der Waals surface area contributed by atoms with Gasteiger partial charge in [-0.1, -0.05) is 70.2 Å². The number of fused-ring (bicyclic) bond motifs is 1. The molecule has 3 atom stereocenters. The normalized spacial score (nSPS) is 13.5. The van der Waals surface area contributed by atoms with E-state index in [1.165, 1.54) is 18.6 Å². The van der Waals surface area contributed by atoms with E-state index in [0.29, 0.717) is 12.8 Å². The summed E-state index contributed by atoms with van der Waals surface area (Å²) in [5.74, 6) is -2.39. The van der Waals surface area contributed by atoms with Crippen LogP contribution >= 0.6 is 0 Å². The maximum atomic E-state index is 13.5. The summed E-state index contributed by atoms with van der Waals surface area (Å²) in [6.07, 6.45) is 4.97. The summed E-state index contributed by atoms with van der Waals surface area (Å²) in [6, 6.07) is 11.6. The molecule has 0 radical (unpaired) electrons. The first-order valence-corrected chi connectivity index (χ1v) is 13.5. The van der Waals surface area contributed by atoms with Crippen LogP contribution in [0.3, 0.4) is 0 Å². The van der Waals surface area contributed by atoms with E-state index in [4.69, 9.17) is 0 Å². The summed E-state index contributed by atoms with van der Waals surface area (Å²) in [6.45, 7) is 7.67. The fourth-order valence-electron chi connectivity index (χ4n) is 4.48. The summed E-state index contributed by atoms with van der Waals surface area (Å²) in [4.78, 5) is 47.7. The molecule has 0 fully saturated rings. The molecule has 1 aromatic heterocycles. The zero-order valence-electron chi connectivity index (χ0n) is 23.4. The minimum absolute atomic E-state index is 0.0608. The molecule has 212 valence electrons. The largest absolute Gasteiger partial charge is 0.475 e. The van der Waals surface area contributed by atoms with Crippen LogP contribution in [-0.4, -0.2) is 62.9 Å². The van der Waals surface area contributed by atoms with E-state index in [1.807, 2.05) is 70.2 Å². The van der Waals surface area contributed by atoms with Gasteiger partial charge in [-0.2, -0.15) is 0 Å².